The van der Waals surface area contributed by atoms with Crippen LogP contribution >= 0.6 is 0 Å². The average Bonchev–Trinajstić information content (AvgIpc) is 2.36. The van der Waals surface area contributed by atoms with Gasteiger partial charge >= 0.3 is 152 Å². The standard InChI is InChI=1S/C14H28.6CH3.2Sn/c1-3-5-7-9-11-13-14-12-10-8-6-4-2;;;;;;;;/h1-14H2;6*1H3;;. The zero-order valence-corrected chi connectivity index (χ0v) is 22.6. The van der Waals surface area contributed by atoms with E-state index in [1.54, 1.807) is 8.87 Å². The van der Waals surface area contributed by atoms with Crippen molar-refractivity contribution in [2.75, 3.05) is 0 Å². The Morgan fingerprint density at radius 2 is 0.500 bits per heavy atom. The summed E-state index contributed by atoms with van der Waals surface area (Å²) < 4.78 is 3.21. The van der Waals surface area contributed by atoms with Gasteiger partial charge in [-0.25, -0.2) is 0 Å². The molecule has 0 amide bonds. The van der Waals surface area contributed by atoms with Gasteiger partial charge in [-0.05, 0) is 0 Å². The molecule has 0 aliphatic carbocycles. The molecule has 0 atom stereocenters. The van der Waals surface area contributed by atoms with Gasteiger partial charge in [0.2, 0.25) is 0 Å². The van der Waals surface area contributed by atoms with Gasteiger partial charge < -0.3 is 0 Å². The number of hydrogen-bond donors (Lipinski definition) is 0. The quantitative estimate of drug-likeness (QED) is 0.149. The molecule has 0 rings (SSSR count). The predicted octanol–water partition coefficient (Wildman–Crippen LogP) is 8.34. The molecular weight excluding hydrogens is 478 g/mol. The first-order valence-corrected chi connectivity index (χ1v) is 31.4. The number of hydrogen-bond acceptors (Lipinski definition) is 0. The monoisotopic (exact) mass is 526 g/mol. The Hall–Kier alpha value is 1.60. The normalized spacial score (nSPS) is 12.8. The van der Waals surface area contributed by atoms with Crippen LogP contribution in [0.25, 0.3) is 0 Å². The van der Waals surface area contributed by atoms with Crippen molar-refractivity contribution in [3.8, 4) is 0 Å². The van der Waals surface area contributed by atoms with Crippen molar-refractivity contribution >= 4 is 36.8 Å². The van der Waals surface area contributed by atoms with Gasteiger partial charge in [0.1, 0.15) is 0 Å². The van der Waals surface area contributed by atoms with Crippen molar-refractivity contribution < 1.29 is 0 Å². The third-order valence-electron chi connectivity index (χ3n) is 4.60. The number of rotatable bonds is 15. The van der Waals surface area contributed by atoms with Crippen LogP contribution in [0.3, 0.4) is 0 Å². The van der Waals surface area contributed by atoms with Gasteiger partial charge in [0.05, 0.1) is 0 Å². The Morgan fingerprint density at radius 3 is 0.682 bits per heavy atom. The molecule has 0 radical (unpaired) electrons. The molecule has 0 bridgehead atoms. The topological polar surface area (TPSA) is 0 Å². The van der Waals surface area contributed by atoms with E-state index in [1.807, 2.05) is 0 Å². The fourth-order valence-electron chi connectivity index (χ4n) is 3.08. The summed E-state index contributed by atoms with van der Waals surface area (Å²) in [5.74, 6) is 0. The maximum absolute atomic E-state index is 2.57. The molecule has 0 spiro atoms. The van der Waals surface area contributed by atoms with Gasteiger partial charge in [-0.2, -0.15) is 0 Å². The van der Waals surface area contributed by atoms with E-state index >= 15 is 0 Å². The fourth-order valence-corrected chi connectivity index (χ4v) is 10.6. The molecule has 22 heavy (non-hydrogen) atoms. The minimum absolute atomic E-state index is 1.43. The summed E-state index contributed by atoms with van der Waals surface area (Å²) in [6.07, 6.45) is 18.1. The summed E-state index contributed by atoms with van der Waals surface area (Å²) in [4.78, 5) is 15.4. The second-order valence-electron chi connectivity index (χ2n) is 9.86. The van der Waals surface area contributed by atoms with E-state index in [2.05, 4.69) is 29.6 Å². The van der Waals surface area contributed by atoms with Crippen LogP contribution in [-0.2, 0) is 0 Å². The molecule has 2 heteroatoms. The van der Waals surface area contributed by atoms with Crippen LogP contribution in [0.4, 0.5) is 0 Å². The van der Waals surface area contributed by atoms with E-state index in [1.165, 1.54) is 77.0 Å². The molecule has 0 aliphatic heterocycles. The molecule has 0 aromatic carbocycles. The first-order chi connectivity index (χ1) is 10.2. The molecule has 0 N–H and O–H groups in total. The second kappa shape index (κ2) is 13.8. The van der Waals surface area contributed by atoms with E-state index < -0.39 is 36.8 Å². The van der Waals surface area contributed by atoms with E-state index in [0.29, 0.717) is 0 Å². The van der Waals surface area contributed by atoms with Crippen molar-refractivity contribution in [3.63, 3.8) is 0 Å². The number of unbranched alkanes of at least 4 members (excludes halogenated alkanes) is 11. The Kier molecular flexibility index (Phi) is 14.8. The Bertz CT molecular complexity index is 209. The SMILES string of the molecule is [CH3][Sn]([CH3])([CH3])[CH2]CCCCCCCCCCCC[CH2][Sn]([CH3])([CH3])[CH3]. The minimum atomic E-state index is -1.43. The van der Waals surface area contributed by atoms with E-state index in [0.717, 1.165) is 0 Å². The molecule has 0 aromatic rings. The van der Waals surface area contributed by atoms with Crippen molar-refractivity contribution in [2.24, 2.45) is 0 Å². The zero-order valence-electron chi connectivity index (χ0n) is 16.9. The molecule has 134 valence electrons. The molecule has 0 unspecified atom stereocenters. The van der Waals surface area contributed by atoms with E-state index in [9.17, 15) is 0 Å². The molecule has 0 aliphatic rings. The van der Waals surface area contributed by atoms with Gasteiger partial charge in [0, 0.05) is 0 Å². The van der Waals surface area contributed by atoms with Crippen LogP contribution in [0, 0.1) is 0 Å². The van der Waals surface area contributed by atoms with Gasteiger partial charge in [-0.1, -0.05) is 0 Å². The fraction of sp³-hybridized carbons (Fsp3) is 1.00. The van der Waals surface area contributed by atoms with Crippen LogP contribution in [0.15, 0.2) is 0 Å². The summed E-state index contributed by atoms with van der Waals surface area (Å²) in [6.45, 7) is 0. The summed E-state index contributed by atoms with van der Waals surface area (Å²) in [7, 11) is 0. The molecule has 0 saturated carbocycles. The van der Waals surface area contributed by atoms with Crippen molar-refractivity contribution in [3.05, 3.63) is 0 Å². The molecule has 0 fully saturated rings. The Balaban J connectivity index is 3.09. The second-order valence-corrected chi connectivity index (χ2v) is 42.0. The molecular formula is C20H46Sn2. The third-order valence-corrected chi connectivity index (χ3v) is 15.2. The van der Waals surface area contributed by atoms with Gasteiger partial charge in [0.15, 0.2) is 0 Å². The third kappa shape index (κ3) is 21.6. The van der Waals surface area contributed by atoms with Gasteiger partial charge in [-0.3, -0.25) is 0 Å². The molecule has 0 saturated heterocycles. The molecule has 0 heterocycles. The zero-order chi connectivity index (χ0) is 16.9. The average molecular weight is 524 g/mol. The van der Waals surface area contributed by atoms with Crippen LogP contribution in [0.5, 0.6) is 0 Å². The Morgan fingerprint density at radius 1 is 0.318 bits per heavy atom. The first-order valence-electron chi connectivity index (χ1n) is 10.2. The maximum atomic E-state index is 2.57. The molecule has 0 aromatic heterocycles. The summed E-state index contributed by atoms with van der Waals surface area (Å²) in [5, 5.41) is 0. The summed E-state index contributed by atoms with van der Waals surface area (Å²) in [6, 6.07) is 0. The van der Waals surface area contributed by atoms with Gasteiger partial charge in [0.25, 0.3) is 0 Å². The van der Waals surface area contributed by atoms with Crippen LogP contribution in [0.1, 0.15) is 77.0 Å². The van der Waals surface area contributed by atoms with Gasteiger partial charge in [-0.15, -0.1) is 0 Å². The van der Waals surface area contributed by atoms with E-state index in [4.69, 9.17) is 0 Å². The van der Waals surface area contributed by atoms with Crippen molar-refractivity contribution in [1.29, 1.82) is 0 Å². The van der Waals surface area contributed by atoms with Crippen molar-refractivity contribution in [1.82, 2.24) is 0 Å². The van der Waals surface area contributed by atoms with E-state index in [-0.39, 0.29) is 0 Å². The summed E-state index contributed by atoms with van der Waals surface area (Å²) in [5.41, 5.74) is 0. The van der Waals surface area contributed by atoms with Crippen LogP contribution in [0.2, 0.25) is 38.5 Å². The molecule has 0 nitrogen and oxygen atoms in total. The predicted molar refractivity (Wildman–Crippen MR) is 112 cm³/mol. The van der Waals surface area contributed by atoms with Crippen LogP contribution < -0.4 is 0 Å². The summed E-state index contributed by atoms with van der Waals surface area (Å²) >= 11 is -2.86. The van der Waals surface area contributed by atoms with Crippen LogP contribution in [-0.4, -0.2) is 36.8 Å². The van der Waals surface area contributed by atoms with Crippen molar-refractivity contribution in [2.45, 2.75) is 116 Å². The first kappa shape index (κ1) is 23.6. The Labute approximate surface area is 151 Å².